The van der Waals surface area contributed by atoms with Gasteiger partial charge < -0.3 is 19.4 Å². The van der Waals surface area contributed by atoms with Gasteiger partial charge in [0.25, 0.3) is 17.1 Å². The molecule has 0 aliphatic heterocycles. The van der Waals surface area contributed by atoms with Gasteiger partial charge in [-0.25, -0.2) is 9.59 Å². The molecule has 34 heavy (non-hydrogen) atoms. The second-order valence-electron chi connectivity index (χ2n) is 7.43. The van der Waals surface area contributed by atoms with Gasteiger partial charge in [-0.2, -0.15) is 13.2 Å². The first-order chi connectivity index (χ1) is 16.0. The lowest BCUT2D eigenvalue weighted by Gasteiger charge is -2.34. The van der Waals surface area contributed by atoms with Crippen molar-refractivity contribution in [2.24, 2.45) is 0 Å². The van der Waals surface area contributed by atoms with Crippen LogP contribution >= 0.6 is 0 Å². The van der Waals surface area contributed by atoms with Crippen LogP contribution in [-0.4, -0.2) is 47.4 Å². The number of aromatic nitrogens is 2. The Kier molecular flexibility index (Phi) is 8.80. The van der Waals surface area contributed by atoms with E-state index in [1.165, 1.54) is 42.8 Å². The lowest BCUT2D eigenvalue weighted by atomic mass is 9.91. The molecule has 186 valence electrons. The van der Waals surface area contributed by atoms with Gasteiger partial charge in [-0.1, -0.05) is 30.3 Å². The fourth-order valence-corrected chi connectivity index (χ4v) is 3.42. The minimum absolute atomic E-state index is 0.0373. The summed E-state index contributed by atoms with van der Waals surface area (Å²) in [6, 6.07) is 4.90. The van der Waals surface area contributed by atoms with Crippen LogP contribution in [0.5, 0.6) is 0 Å². The zero-order chi connectivity index (χ0) is 25.5. The number of benzene rings is 1. The van der Waals surface area contributed by atoms with E-state index in [2.05, 4.69) is 10.3 Å². The number of aryl methyl sites for hydroxylation is 2. The van der Waals surface area contributed by atoms with Crippen LogP contribution in [0, 0.1) is 6.92 Å². The Bertz CT molecular complexity index is 1110. The average Bonchev–Trinajstić information content (AvgIpc) is 2.77. The molecular weight excluding hydrogens is 459 g/mol. The number of aromatic amines is 1. The summed E-state index contributed by atoms with van der Waals surface area (Å²) in [6.45, 7) is 2.99. The maximum absolute atomic E-state index is 14.1. The van der Waals surface area contributed by atoms with Crippen molar-refractivity contribution in [2.45, 2.75) is 51.1 Å². The summed E-state index contributed by atoms with van der Waals surface area (Å²) in [5.41, 5.74) is -4.74. The summed E-state index contributed by atoms with van der Waals surface area (Å²) in [7, 11) is 0.754. The van der Waals surface area contributed by atoms with Crippen molar-refractivity contribution in [3.63, 3.8) is 0 Å². The quantitative estimate of drug-likeness (QED) is 0.495. The molecule has 1 heterocycles. The number of amides is 1. The molecule has 0 aliphatic rings. The van der Waals surface area contributed by atoms with Crippen molar-refractivity contribution in [1.29, 1.82) is 0 Å². The third-order valence-corrected chi connectivity index (χ3v) is 5.16. The minimum Gasteiger partial charge on any atom is -0.464 e. The number of nitrogens with one attached hydrogen (secondary N) is 2. The molecule has 12 heteroatoms. The summed E-state index contributed by atoms with van der Waals surface area (Å²) < 4.78 is 53.2. The van der Waals surface area contributed by atoms with E-state index in [1.807, 2.05) is 0 Å². The first kappa shape index (κ1) is 26.8. The Morgan fingerprint density at radius 3 is 2.38 bits per heavy atom. The molecule has 0 bridgehead atoms. The molecule has 1 amide bonds. The summed E-state index contributed by atoms with van der Waals surface area (Å²) in [5.74, 6) is -2.51. The third-order valence-electron chi connectivity index (χ3n) is 5.16. The summed E-state index contributed by atoms with van der Waals surface area (Å²) in [4.78, 5) is 50.9. The highest BCUT2D eigenvalue weighted by Gasteiger charge is 2.63. The number of alkyl halides is 3. The van der Waals surface area contributed by atoms with Gasteiger partial charge >= 0.3 is 17.8 Å². The monoisotopic (exact) mass is 485 g/mol. The van der Waals surface area contributed by atoms with Crippen molar-refractivity contribution in [1.82, 2.24) is 14.9 Å². The van der Waals surface area contributed by atoms with E-state index in [4.69, 9.17) is 9.47 Å². The fourth-order valence-electron chi connectivity index (χ4n) is 3.42. The SMILES string of the molecule is CCOC(=O)[C@H](CCCn1cc(C)c(=O)[nH]c1=O)NC(=O)[C@@](OC)(c1ccccc1)C(F)(F)F. The molecular formula is C22H26F3N3O6. The second-order valence-corrected chi connectivity index (χ2v) is 7.43. The molecule has 0 unspecified atom stereocenters. The van der Waals surface area contributed by atoms with Crippen LogP contribution in [0.4, 0.5) is 13.2 Å². The van der Waals surface area contributed by atoms with E-state index in [0.29, 0.717) is 0 Å². The number of rotatable bonds is 10. The van der Waals surface area contributed by atoms with Gasteiger partial charge in [-0.3, -0.25) is 14.6 Å². The molecule has 2 aromatic rings. The maximum atomic E-state index is 14.1. The van der Waals surface area contributed by atoms with Crippen LogP contribution < -0.4 is 16.6 Å². The molecule has 9 nitrogen and oxygen atoms in total. The van der Waals surface area contributed by atoms with Crippen LogP contribution in [0.1, 0.15) is 30.9 Å². The van der Waals surface area contributed by atoms with E-state index in [9.17, 15) is 32.3 Å². The van der Waals surface area contributed by atoms with Crippen molar-refractivity contribution in [3.05, 3.63) is 68.5 Å². The Morgan fingerprint density at radius 1 is 1.18 bits per heavy atom. The van der Waals surface area contributed by atoms with Gasteiger partial charge in [-0.15, -0.1) is 0 Å². The van der Waals surface area contributed by atoms with E-state index in [1.54, 1.807) is 0 Å². The average molecular weight is 485 g/mol. The van der Waals surface area contributed by atoms with Gasteiger partial charge in [0.15, 0.2) is 0 Å². The summed E-state index contributed by atoms with van der Waals surface area (Å²) >= 11 is 0. The number of nitrogens with zero attached hydrogens (tertiary/aromatic N) is 1. The maximum Gasteiger partial charge on any atom is 0.430 e. The van der Waals surface area contributed by atoms with E-state index < -0.39 is 46.5 Å². The molecule has 0 spiro atoms. The van der Waals surface area contributed by atoms with Crippen LogP contribution in [0.3, 0.4) is 0 Å². The number of esters is 1. The topological polar surface area (TPSA) is 119 Å². The highest BCUT2D eigenvalue weighted by Crippen LogP contribution is 2.42. The number of carbonyl (C=O) groups excluding carboxylic acids is 2. The van der Waals surface area contributed by atoms with Gasteiger partial charge in [0.2, 0.25) is 0 Å². The normalized spacial score (nSPS) is 14.2. The summed E-state index contributed by atoms with van der Waals surface area (Å²) in [6.07, 6.45) is -3.85. The molecule has 0 saturated heterocycles. The number of carbonyl (C=O) groups is 2. The molecule has 0 saturated carbocycles. The Balaban J connectivity index is 2.29. The van der Waals surface area contributed by atoms with Crippen LogP contribution in [0.15, 0.2) is 46.1 Å². The third kappa shape index (κ3) is 5.74. The Hall–Kier alpha value is -3.41. The number of hydrogen-bond donors (Lipinski definition) is 2. The molecule has 1 aromatic heterocycles. The first-order valence-corrected chi connectivity index (χ1v) is 10.4. The number of H-pyrrole nitrogens is 1. The molecule has 0 radical (unpaired) electrons. The van der Waals surface area contributed by atoms with Crippen molar-refractivity contribution >= 4 is 11.9 Å². The van der Waals surface area contributed by atoms with Gasteiger partial charge in [-0.05, 0) is 26.7 Å². The second kappa shape index (κ2) is 11.1. The molecule has 2 atom stereocenters. The predicted molar refractivity (Wildman–Crippen MR) is 115 cm³/mol. The molecule has 0 fully saturated rings. The lowest BCUT2D eigenvalue weighted by molar-refractivity contribution is -0.266. The highest BCUT2D eigenvalue weighted by molar-refractivity contribution is 5.91. The Labute approximate surface area is 192 Å². The number of ether oxygens (including phenoxy) is 2. The van der Waals surface area contributed by atoms with Crippen molar-refractivity contribution in [2.75, 3.05) is 13.7 Å². The number of methoxy groups -OCH3 is 1. The highest BCUT2D eigenvalue weighted by atomic mass is 19.4. The van der Waals surface area contributed by atoms with Crippen molar-refractivity contribution in [3.8, 4) is 0 Å². The van der Waals surface area contributed by atoms with E-state index >= 15 is 0 Å². The lowest BCUT2D eigenvalue weighted by Crippen LogP contribution is -2.58. The fraction of sp³-hybridized carbons (Fsp3) is 0.455. The molecule has 2 rings (SSSR count). The zero-order valence-corrected chi connectivity index (χ0v) is 18.9. The van der Waals surface area contributed by atoms with Gasteiger partial charge in [0.1, 0.15) is 6.04 Å². The van der Waals surface area contributed by atoms with E-state index in [0.717, 1.165) is 19.2 Å². The Morgan fingerprint density at radius 2 is 1.82 bits per heavy atom. The smallest absolute Gasteiger partial charge is 0.430 e. The minimum atomic E-state index is -5.15. The first-order valence-electron chi connectivity index (χ1n) is 10.4. The molecule has 1 aromatic carbocycles. The number of hydrogen-bond acceptors (Lipinski definition) is 6. The molecule has 2 N–H and O–H groups in total. The van der Waals surface area contributed by atoms with Crippen LogP contribution in [0.2, 0.25) is 0 Å². The standard InChI is InChI=1S/C22H26F3N3O6/c1-4-34-18(30)16(11-8-12-28-13-14(2)17(29)27-20(28)32)26-19(31)21(33-3,22(23,24)25)15-9-6-5-7-10-15/h5-7,9-10,13,16H,4,8,11-12H2,1-3H3,(H,26,31)(H,27,29,32)/t16-,21-/m0/s1. The molecule has 0 aliphatic carbocycles. The van der Waals surface area contributed by atoms with E-state index in [-0.39, 0.29) is 31.6 Å². The van der Waals surface area contributed by atoms with Crippen molar-refractivity contribution < 1.29 is 32.2 Å². The van der Waals surface area contributed by atoms with Crippen LogP contribution in [0.25, 0.3) is 0 Å². The largest absolute Gasteiger partial charge is 0.464 e. The number of halogens is 3. The predicted octanol–water partition coefficient (Wildman–Crippen LogP) is 1.78. The zero-order valence-electron chi connectivity index (χ0n) is 18.9. The van der Waals surface area contributed by atoms with Crippen LogP contribution in [-0.2, 0) is 31.2 Å². The van der Waals surface area contributed by atoms with Gasteiger partial charge in [0.05, 0.1) is 6.61 Å². The summed E-state index contributed by atoms with van der Waals surface area (Å²) in [5, 5.41) is 2.12. The van der Waals surface area contributed by atoms with Gasteiger partial charge in [0, 0.05) is 31.0 Å².